The van der Waals surface area contributed by atoms with E-state index in [-0.39, 0.29) is 44.0 Å². The van der Waals surface area contributed by atoms with Gasteiger partial charge >= 0.3 is 12.1 Å². The molecule has 1 rings (SSSR count). The van der Waals surface area contributed by atoms with Crippen LogP contribution in [0.4, 0.5) is 9.18 Å². The predicted octanol–water partition coefficient (Wildman–Crippen LogP) is 1.83. The highest BCUT2D eigenvalue weighted by atomic mass is 19.1. The lowest BCUT2D eigenvalue weighted by Gasteiger charge is -2.30. The van der Waals surface area contributed by atoms with Crippen molar-refractivity contribution >= 4 is 18.0 Å². The summed E-state index contributed by atoms with van der Waals surface area (Å²) in [5.41, 5.74) is -0.517. The quantitative estimate of drug-likeness (QED) is 0.802. The first-order chi connectivity index (χ1) is 10.6. The van der Waals surface area contributed by atoms with Gasteiger partial charge in [0.1, 0.15) is 11.8 Å². The van der Waals surface area contributed by atoms with Crippen LogP contribution in [0.2, 0.25) is 0 Å². The Bertz CT molecular complexity index is 499. The lowest BCUT2D eigenvalue weighted by molar-refractivity contribution is -0.136. The van der Waals surface area contributed by atoms with E-state index in [1.807, 2.05) is 0 Å². The minimum atomic E-state index is -1.12. The molecule has 0 aliphatic carbocycles. The summed E-state index contributed by atoms with van der Waals surface area (Å²) >= 11 is 0. The van der Waals surface area contributed by atoms with Crippen LogP contribution in [-0.4, -0.2) is 52.8 Å². The van der Waals surface area contributed by atoms with E-state index in [9.17, 15) is 18.8 Å². The lowest BCUT2D eigenvalue weighted by atomic mass is 10.1. The summed E-state index contributed by atoms with van der Waals surface area (Å²) in [4.78, 5) is 35.6. The molecule has 1 atom stereocenters. The minimum absolute atomic E-state index is 0.0637. The molecule has 1 fully saturated rings. The third kappa shape index (κ3) is 7.62. The lowest BCUT2D eigenvalue weighted by Crippen LogP contribution is -2.44. The number of carbonyl (C=O) groups excluding carboxylic acids is 2. The van der Waals surface area contributed by atoms with E-state index in [0.29, 0.717) is 0 Å². The molecule has 23 heavy (non-hydrogen) atoms. The highest BCUT2D eigenvalue weighted by Crippen LogP contribution is 2.16. The third-order valence-electron chi connectivity index (χ3n) is 2.99. The van der Waals surface area contributed by atoms with Gasteiger partial charge in [-0.05, 0) is 27.2 Å². The van der Waals surface area contributed by atoms with Gasteiger partial charge in [-0.3, -0.25) is 14.9 Å². The first-order valence-corrected chi connectivity index (χ1v) is 7.39. The maximum atomic E-state index is 13.4. The highest BCUT2D eigenvalue weighted by Gasteiger charge is 2.26. The normalized spacial score (nSPS) is 19.5. The molecule has 1 heterocycles. The summed E-state index contributed by atoms with van der Waals surface area (Å²) in [6.45, 7) is 4.93. The van der Waals surface area contributed by atoms with Crippen molar-refractivity contribution in [1.82, 2.24) is 10.2 Å². The van der Waals surface area contributed by atoms with E-state index in [1.165, 1.54) is 11.0 Å². The maximum Gasteiger partial charge on any atom is 0.411 e. The number of likely N-dealkylation sites (tertiary alicyclic amines) is 1. The number of halogens is 1. The van der Waals surface area contributed by atoms with Crippen molar-refractivity contribution in [3.63, 3.8) is 0 Å². The number of carboxylic acid groups (broad SMARTS) is 1. The zero-order chi connectivity index (χ0) is 17.6. The average molecular weight is 330 g/mol. The van der Waals surface area contributed by atoms with Crippen molar-refractivity contribution in [1.29, 1.82) is 0 Å². The smallest absolute Gasteiger partial charge is 0.411 e. The van der Waals surface area contributed by atoms with Crippen molar-refractivity contribution in [3.05, 3.63) is 11.8 Å². The first kappa shape index (κ1) is 18.9. The molecule has 130 valence electrons. The summed E-state index contributed by atoms with van der Waals surface area (Å²) in [6, 6.07) is 0. The molecule has 1 aliphatic heterocycles. The van der Waals surface area contributed by atoms with E-state index in [4.69, 9.17) is 9.84 Å². The number of rotatable bonds is 5. The Morgan fingerprint density at radius 1 is 1.48 bits per heavy atom. The second-order valence-corrected chi connectivity index (χ2v) is 6.36. The van der Waals surface area contributed by atoms with E-state index >= 15 is 0 Å². The zero-order valence-corrected chi connectivity index (χ0v) is 13.6. The molecule has 0 radical (unpaired) electrons. The molecular formula is C15H23FN2O5. The zero-order valence-electron chi connectivity index (χ0n) is 13.6. The maximum absolute atomic E-state index is 13.4. The van der Waals surface area contributed by atoms with Crippen molar-refractivity contribution in [3.8, 4) is 0 Å². The molecule has 0 unspecified atom stereocenters. The second-order valence-electron chi connectivity index (χ2n) is 6.36. The number of alkyl halides is 1. The van der Waals surface area contributed by atoms with Crippen molar-refractivity contribution < 1.29 is 28.6 Å². The fourth-order valence-electron chi connectivity index (χ4n) is 2.03. The number of ether oxygens (including phenoxy) is 1. The summed E-state index contributed by atoms with van der Waals surface area (Å²) < 4.78 is 18.5. The summed E-state index contributed by atoms with van der Waals surface area (Å²) in [7, 11) is 0. The van der Waals surface area contributed by atoms with Gasteiger partial charge in [0.05, 0.1) is 19.5 Å². The number of alkyl carbamates (subject to hydrolysis) is 1. The molecule has 0 aromatic carbocycles. The van der Waals surface area contributed by atoms with Gasteiger partial charge in [0, 0.05) is 12.1 Å². The Balaban J connectivity index is 2.76. The summed E-state index contributed by atoms with van der Waals surface area (Å²) in [5.74, 6) is -1.31. The number of nitrogens with one attached hydrogen (secondary N) is 1. The summed E-state index contributed by atoms with van der Waals surface area (Å²) in [5, 5.41) is 11.2. The van der Waals surface area contributed by atoms with Gasteiger partial charge in [0.25, 0.3) is 0 Å². The first-order valence-electron chi connectivity index (χ1n) is 7.39. The number of aliphatic carboxylic acids is 1. The third-order valence-corrected chi connectivity index (χ3v) is 2.99. The van der Waals surface area contributed by atoms with E-state index in [0.717, 1.165) is 0 Å². The molecule has 2 N–H and O–H groups in total. The van der Waals surface area contributed by atoms with Gasteiger partial charge in [-0.2, -0.15) is 0 Å². The Hall–Kier alpha value is -2.12. The molecule has 2 amide bonds. The number of hydrogen-bond acceptors (Lipinski definition) is 4. The number of hydrogen-bond donors (Lipinski definition) is 2. The van der Waals surface area contributed by atoms with Crippen LogP contribution in [0.15, 0.2) is 11.8 Å². The molecule has 0 saturated carbocycles. The summed E-state index contributed by atoms with van der Waals surface area (Å²) in [6.07, 6.45) is -0.638. The monoisotopic (exact) mass is 330 g/mol. The molecule has 0 aromatic heterocycles. The SMILES string of the molecule is CC(C)(C)OC(=O)N/C(=C\CC(=O)O)CN1C[C@H](F)CCC1=O. The van der Waals surface area contributed by atoms with Gasteiger partial charge < -0.3 is 14.7 Å². The molecule has 7 nitrogen and oxygen atoms in total. The number of carbonyl (C=O) groups is 3. The number of nitrogens with zero attached hydrogens (tertiary/aromatic N) is 1. The van der Waals surface area contributed by atoms with Crippen LogP contribution >= 0.6 is 0 Å². The Kier molecular flexibility index (Phi) is 6.53. The number of piperidine rings is 1. The van der Waals surface area contributed by atoms with Crippen molar-refractivity contribution in [2.24, 2.45) is 0 Å². The Morgan fingerprint density at radius 3 is 2.70 bits per heavy atom. The number of amides is 2. The van der Waals surface area contributed by atoms with Gasteiger partial charge in [-0.15, -0.1) is 0 Å². The fourth-order valence-corrected chi connectivity index (χ4v) is 2.03. The minimum Gasteiger partial charge on any atom is -0.481 e. The van der Waals surface area contributed by atoms with Crippen LogP contribution in [0, 0.1) is 0 Å². The van der Waals surface area contributed by atoms with Gasteiger partial charge in [0.15, 0.2) is 0 Å². The van der Waals surface area contributed by atoms with Gasteiger partial charge in [-0.25, -0.2) is 9.18 Å². The van der Waals surface area contributed by atoms with Crippen LogP contribution in [0.3, 0.4) is 0 Å². The van der Waals surface area contributed by atoms with Crippen molar-refractivity contribution in [2.45, 2.75) is 51.8 Å². The molecule has 1 saturated heterocycles. The standard InChI is InChI=1S/C15H23FN2O5/c1-15(2,3)23-14(22)17-11(5-7-13(20)21)9-18-8-10(16)4-6-12(18)19/h5,10H,4,6-9H2,1-3H3,(H,17,22)(H,20,21)/b11-5-/t10-/m1/s1. The Morgan fingerprint density at radius 2 is 2.13 bits per heavy atom. The fraction of sp³-hybridized carbons (Fsp3) is 0.667. The predicted molar refractivity (Wildman–Crippen MR) is 80.4 cm³/mol. The second kappa shape index (κ2) is 7.94. The van der Waals surface area contributed by atoms with Crippen LogP contribution < -0.4 is 5.32 Å². The molecule has 1 aliphatic rings. The topological polar surface area (TPSA) is 95.9 Å². The molecular weight excluding hydrogens is 307 g/mol. The Labute approximate surface area is 134 Å². The molecule has 0 aromatic rings. The van der Waals surface area contributed by atoms with Crippen LogP contribution in [0.25, 0.3) is 0 Å². The van der Waals surface area contributed by atoms with Crippen LogP contribution in [-0.2, 0) is 14.3 Å². The van der Waals surface area contributed by atoms with Crippen LogP contribution in [0.1, 0.15) is 40.0 Å². The largest absolute Gasteiger partial charge is 0.481 e. The van der Waals surface area contributed by atoms with E-state index < -0.39 is 23.8 Å². The van der Waals surface area contributed by atoms with Gasteiger partial charge in [-0.1, -0.05) is 6.08 Å². The highest BCUT2D eigenvalue weighted by molar-refractivity contribution is 5.78. The molecule has 0 spiro atoms. The molecule has 8 heteroatoms. The van der Waals surface area contributed by atoms with Crippen molar-refractivity contribution in [2.75, 3.05) is 13.1 Å². The van der Waals surface area contributed by atoms with Gasteiger partial charge in [0.2, 0.25) is 5.91 Å². The van der Waals surface area contributed by atoms with E-state index in [2.05, 4.69) is 5.32 Å². The number of carboxylic acids is 1. The molecule has 0 bridgehead atoms. The average Bonchev–Trinajstić information content (AvgIpc) is 2.38. The van der Waals surface area contributed by atoms with Crippen LogP contribution in [0.5, 0.6) is 0 Å². The van der Waals surface area contributed by atoms with E-state index in [1.54, 1.807) is 20.8 Å².